The standard InChI is InChI=1S/C10H14N2O3S/c11-10(12-15)7-3-1-6(2-4-7)9(14)8(13)5-16/h1-4,8-9,13-16H,5H2,(H2,11,12). The molecule has 1 rings (SSSR count). The minimum atomic E-state index is -0.987. The van der Waals surface area contributed by atoms with Crippen molar-refractivity contribution < 1.29 is 15.4 Å². The first-order valence-corrected chi connectivity index (χ1v) is 5.28. The van der Waals surface area contributed by atoms with Crippen LogP contribution in [0.15, 0.2) is 29.4 Å². The fraction of sp³-hybridized carbons (Fsp3) is 0.300. The van der Waals surface area contributed by atoms with Gasteiger partial charge in [-0.15, -0.1) is 0 Å². The minimum absolute atomic E-state index is 0.00390. The van der Waals surface area contributed by atoms with Gasteiger partial charge in [0, 0.05) is 11.3 Å². The van der Waals surface area contributed by atoms with E-state index in [0.29, 0.717) is 11.1 Å². The normalized spacial score (nSPS) is 15.8. The summed E-state index contributed by atoms with van der Waals surface area (Å²) in [5.41, 5.74) is 6.47. The number of rotatable bonds is 4. The highest BCUT2D eigenvalue weighted by Crippen LogP contribution is 2.18. The number of nitrogens with zero attached hydrogens (tertiary/aromatic N) is 1. The van der Waals surface area contributed by atoms with E-state index in [4.69, 9.17) is 10.9 Å². The summed E-state index contributed by atoms with van der Waals surface area (Å²) in [5.74, 6) is 0.166. The van der Waals surface area contributed by atoms with E-state index in [1.54, 1.807) is 24.3 Å². The molecule has 16 heavy (non-hydrogen) atoms. The van der Waals surface area contributed by atoms with Crippen LogP contribution in [0.1, 0.15) is 17.2 Å². The van der Waals surface area contributed by atoms with E-state index in [1.165, 1.54) is 0 Å². The van der Waals surface area contributed by atoms with Gasteiger partial charge in [0.25, 0.3) is 0 Å². The molecule has 0 spiro atoms. The quantitative estimate of drug-likeness (QED) is 0.170. The number of hydrogen-bond acceptors (Lipinski definition) is 5. The van der Waals surface area contributed by atoms with Crippen molar-refractivity contribution in [3.8, 4) is 0 Å². The molecule has 0 aliphatic carbocycles. The molecule has 2 unspecified atom stereocenters. The van der Waals surface area contributed by atoms with Gasteiger partial charge in [-0.25, -0.2) is 0 Å². The molecule has 0 amide bonds. The third-order valence-corrected chi connectivity index (χ3v) is 2.58. The van der Waals surface area contributed by atoms with Gasteiger partial charge < -0.3 is 21.2 Å². The summed E-state index contributed by atoms with van der Waals surface area (Å²) in [5, 5.41) is 30.4. The molecule has 1 aromatic rings. The van der Waals surface area contributed by atoms with E-state index in [1.807, 2.05) is 0 Å². The van der Waals surface area contributed by atoms with Crippen LogP contribution in [0.25, 0.3) is 0 Å². The second-order valence-electron chi connectivity index (χ2n) is 3.30. The van der Waals surface area contributed by atoms with E-state index >= 15 is 0 Å². The number of nitrogens with two attached hydrogens (primary N) is 1. The van der Waals surface area contributed by atoms with Crippen molar-refractivity contribution in [1.82, 2.24) is 0 Å². The Morgan fingerprint density at radius 1 is 1.31 bits per heavy atom. The highest BCUT2D eigenvalue weighted by molar-refractivity contribution is 7.80. The molecule has 0 bridgehead atoms. The first-order valence-electron chi connectivity index (χ1n) is 4.65. The van der Waals surface area contributed by atoms with E-state index < -0.39 is 12.2 Å². The number of hydrogen-bond donors (Lipinski definition) is 5. The average Bonchev–Trinajstić information content (AvgIpc) is 2.36. The summed E-state index contributed by atoms with van der Waals surface area (Å²) < 4.78 is 0. The smallest absolute Gasteiger partial charge is 0.170 e. The predicted molar refractivity (Wildman–Crippen MR) is 63.8 cm³/mol. The fourth-order valence-corrected chi connectivity index (χ4v) is 1.43. The van der Waals surface area contributed by atoms with Gasteiger partial charge in [-0.1, -0.05) is 29.4 Å². The molecule has 0 saturated carbocycles. The number of thiol groups is 1. The molecular formula is C10H14N2O3S. The molecular weight excluding hydrogens is 228 g/mol. The van der Waals surface area contributed by atoms with Gasteiger partial charge in [0.2, 0.25) is 0 Å². The monoisotopic (exact) mass is 242 g/mol. The predicted octanol–water partition coefficient (Wildman–Crippen LogP) is 0.105. The summed E-state index contributed by atoms with van der Waals surface area (Å²) in [6.07, 6.45) is -1.91. The Hall–Kier alpha value is -1.24. The van der Waals surface area contributed by atoms with Crippen LogP contribution in [-0.2, 0) is 0 Å². The Balaban J connectivity index is 2.86. The van der Waals surface area contributed by atoms with Crippen LogP contribution < -0.4 is 5.73 Å². The van der Waals surface area contributed by atoms with Crippen molar-refractivity contribution in [3.63, 3.8) is 0 Å². The number of oxime groups is 1. The Morgan fingerprint density at radius 2 is 1.88 bits per heavy atom. The second kappa shape index (κ2) is 5.74. The van der Waals surface area contributed by atoms with Gasteiger partial charge in [0.15, 0.2) is 5.84 Å². The molecule has 1 aromatic carbocycles. The number of benzene rings is 1. The maximum absolute atomic E-state index is 9.67. The summed E-state index contributed by atoms with van der Waals surface area (Å²) in [7, 11) is 0. The van der Waals surface area contributed by atoms with Crippen molar-refractivity contribution in [2.75, 3.05) is 5.75 Å². The van der Waals surface area contributed by atoms with Crippen molar-refractivity contribution in [1.29, 1.82) is 0 Å². The molecule has 5 nitrogen and oxygen atoms in total. The summed E-state index contributed by atoms with van der Waals surface area (Å²) in [4.78, 5) is 0. The average molecular weight is 242 g/mol. The van der Waals surface area contributed by atoms with Gasteiger partial charge in [0.1, 0.15) is 6.10 Å². The van der Waals surface area contributed by atoms with Crippen molar-refractivity contribution in [3.05, 3.63) is 35.4 Å². The third-order valence-electron chi connectivity index (χ3n) is 2.21. The molecule has 0 heterocycles. The Morgan fingerprint density at radius 3 is 2.31 bits per heavy atom. The van der Waals surface area contributed by atoms with Crippen LogP contribution in [0, 0.1) is 0 Å². The van der Waals surface area contributed by atoms with Gasteiger partial charge in [-0.2, -0.15) is 12.6 Å². The first-order chi connectivity index (χ1) is 7.60. The summed E-state index contributed by atoms with van der Waals surface area (Å²) in [6.45, 7) is 0. The lowest BCUT2D eigenvalue weighted by Gasteiger charge is -2.16. The number of amidine groups is 1. The van der Waals surface area contributed by atoms with Gasteiger partial charge >= 0.3 is 0 Å². The zero-order valence-corrected chi connectivity index (χ0v) is 9.38. The minimum Gasteiger partial charge on any atom is -0.409 e. The van der Waals surface area contributed by atoms with Crippen LogP contribution >= 0.6 is 12.6 Å². The molecule has 0 aromatic heterocycles. The zero-order chi connectivity index (χ0) is 12.1. The first kappa shape index (κ1) is 12.8. The van der Waals surface area contributed by atoms with Gasteiger partial charge in [-0.05, 0) is 5.56 Å². The van der Waals surface area contributed by atoms with Crippen molar-refractivity contribution >= 4 is 18.5 Å². The molecule has 0 aliphatic rings. The molecule has 0 aliphatic heterocycles. The van der Waals surface area contributed by atoms with Crippen LogP contribution in [0.5, 0.6) is 0 Å². The van der Waals surface area contributed by atoms with Crippen LogP contribution in [0.3, 0.4) is 0 Å². The van der Waals surface area contributed by atoms with Crippen molar-refractivity contribution in [2.24, 2.45) is 10.9 Å². The third kappa shape index (κ3) is 2.88. The van der Waals surface area contributed by atoms with Crippen LogP contribution in [-0.4, -0.2) is 33.1 Å². The second-order valence-corrected chi connectivity index (χ2v) is 3.67. The zero-order valence-electron chi connectivity index (χ0n) is 8.48. The number of aliphatic hydroxyl groups is 2. The summed E-state index contributed by atoms with van der Waals surface area (Å²) >= 11 is 3.89. The highest BCUT2D eigenvalue weighted by atomic mass is 32.1. The van der Waals surface area contributed by atoms with Crippen molar-refractivity contribution in [2.45, 2.75) is 12.2 Å². The van der Waals surface area contributed by atoms with E-state index in [9.17, 15) is 10.2 Å². The molecule has 2 atom stereocenters. The fourth-order valence-electron chi connectivity index (χ4n) is 1.23. The Kier molecular flexibility index (Phi) is 4.60. The molecule has 0 fully saturated rings. The Bertz CT molecular complexity index is 367. The maximum atomic E-state index is 9.67. The lowest BCUT2D eigenvalue weighted by atomic mass is 10.0. The molecule has 6 heteroatoms. The van der Waals surface area contributed by atoms with E-state index in [2.05, 4.69) is 17.8 Å². The van der Waals surface area contributed by atoms with E-state index in [0.717, 1.165) is 0 Å². The lowest BCUT2D eigenvalue weighted by molar-refractivity contribution is 0.0337. The molecule has 0 radical (unpaired) electrons. The molecule has 5 N–H and O–H groups in total. The largest absolute Gasteiger partial charge is 0.409 e. The van der Waals surface area contributed by atoms with Crippen LogP contribution in [0.4, 0.5) is 0 Å². The number of aliphatic hydroxyl groups excluding tert-OH is 2. The van der Waals surface area contributed by atoms with Crippen LogP contribution in [0.2, 0.25) is 0 Å². The SMILES string of the molecule is NC(=NO)c1ccc(C(O)C(O)CS)cc1. The lowest BCUT2D eigenvalue weighted by Crippen LogP contribution is -2.20. The van der Waals surface area contributed by atoms with Gasteiger partial charge in [-0.3, -0.25) is 0 Å². The van der Waals surface area contributed by atoms with Gasteiger partial charge in [0.05, 0.1) is 6.10 Å². The van der Waals surface area contributed by atoms with E-state index in [-0.39, 0.29) is 11.6 Å². The maximum Gasteiger partial charge on any atom is 0.170 e. The Labute approximate surface area is 98.6 Å². The molecule has 0 saturated heterocycles. The summed E-state index contributed by atoms with van der Waals surface area (Å²) in [6, 6.07) is 6.40. The topological polar surface area (TPSA) is 99.1 Å². The molecule has 88 valence electrons. The highest BCUT2D eigenvalue weighted by Gasteiger charge is 2.16.